The molecular formula is C10H14N2O3S. The van der Waals surface area contributed by atoms with E-state index in [1.807, 2.05) is 6.92 Å². The molecule has 0 heterocycles. The van der Waals surface area contributed by atoms with Crippen LogP contribution in [0.4, 0.5) is 0 Å². The molecule has 1 aromatic rings. The second-order valence-corrected chi connectivity index (χ2v) is 4.98. The number of carbonyl (C=O) groups is 1. The van der Waals surface area contributed by atoms with E-state index in [1.165, 1.54) is 6.07 Å². The lowest BCUT2D eigenvalue weighted by Crippen LogP contribution is -2.23. The Morgan fingerprint density at radius 3 is 2.69 bits per heavy atom. The zero-order valence-corrected chi connectivity index (χ0v) is 9.75. The number of amides is 1. The predicted molar refractivity (Wildman–Crippen MR) is 61.3 cm³/mol. The molecular weight excluding hydrogens is 228 g/mol. The molecule has 1 rings (SSSR count). The van der Waals surface area contributed by atoms with Crippen LogP contribution in [0.1, 0.15) is 22.8 Å². The summed E-state index contributed by atoms with van der Waals surface area (Å²) in [6.45, 7) is 2.34. The highest BCUT2D eigenvalue weighted by Crippen LogP contribution is 2.07. The molecule has 0 aromatic heterocycles. The van der Waals surface area contributed by atoms with Crippen LogP contribution < -0.4 is 10.5 Å². The highest BCUT2D eigenvalue weighted by atomic mass is 32.2. The fourth-order valence-corrected chi connectivity index (χ4v) is 1.94. The van der Waals surface area contributed by atoms with Crippen molar-refractivity contribution in [1.82, 2.24) is 5.32 Å². The van der Waals surface area contributed by atoms with Gasteiger partial charge in [-0.25, -0.2) is 13.6 Å². The van der Waals surface area contributed by atoms with Crippen LogP contribution in [-0.4, -0.2) is 20.9 Å². The van der Waals surface area contributed by atoms with E-state index < -0.39 is 10.0 Å². The second kappa shape index (κ2) is 5.09. The molecule has 0 spiro atoms. The SMILES string of the molecule is CCNC(=O)c1cccc(CS(N)(=O)=O)c1. The number of primary sulfonamides is 1. The van der Waals surface area contributed by atoms with Crippen LogP contribution in [0.25, 0.3) is 0 Å². The number of carbonyl (C=O) groups excluding carboxylic acids is 1. The van der Waals surface area contributed by atoms with Crippen molar-refractivity contribution in [3.8, 4) is 0 Å². The van der Waals surface area contributed by atoms with Crippen LogP contribution in [0.2, 0.25) is 0 Å². The molecule has 0 fully saturated rings. The van der Waals surface area contributed by atoms with Gasteiger partial charge in [0.05, 0.1) is 5.75 Å². The van der Waals surface area contributed by atoms with Crippen molar-refractivity contribution in [3.63, 3.8) is 0 Å². The Morgan fingerprint density at radius 1 is 1.44 bits per heavy atom. The van der Waals surface area contributed by atoms with Gasteiger partial charge in [0, 0.05) is 12.1 Å². The van der Waals surface area contributed by atoms with Crippen LogP contribution >= 0.6 is 0 Å². The number of nitrogens with one attached hydrogen (secondary N) is 1. The molecule has 0 saturated carbocycles. The highest BCUT2D eigenvalue weighted by molar-refractivity contribution is 7.88. The van der Waals surface area contributed by atoms with Crippen molar-refractivity contribution in [2.24, 2.45) is 5.14 Å². The summed E-state index contributed by atoms with van der Waals surface area (Å²) >= 11 is 0. The third-order valence-electron chi connectivity index (χ3n) is 1.89. The number of hydrogen-bond acceptors (Lipinski definition) is 3. The van der Waals surface area contributed by atoms with Gasteiger partial charge in [0.2, 0.25) is 10.0 Å². The van der Waals surface area contributed by atoms with Gasteiger partial charge in [-0.05, 0) is 24.6 Å². The average Bonchev–Trinajstić information content (AvgIpc) is 2.16. The van der Waals surface area contributed by atoms with Crippen LogP contribution in [0.15, 0.2) is 24.3 Å². The summed E-state index contributed by atoms with van der Waals surface area (Å²) in [6, 6.07) is 6.39. The largest absolute Gasteiger partial charge is 0.352 e. The summed E-state index contributed by atoms with van der Waals surface area (Å²) in [4.78, 5) is 11.5. The Balaban J connectivity index is 2.91. The zero-order valence-electron chi connectivity index (χ0n) is 8.93. The molecule has 0 saturated heterocycles. The Labute approximate surface area is 94.7 Å². The Bertz CT molecular complexity index is 483. The standard InChI is InChI=1S/C10H14N2O3S/c1-2-12-10(13)9-5-3-4-8(6-9)7-16(11,14)15/h3-6H,2,7H2,1H3,(H,12,13)(H2,11,14,15). The number of rotatable bonds is 4. The summed E-state index contributed by atoms with van der Waals surface area (Å²) < 4.78 is 21.8. The van der Waals surface area contributed by atoms with Gasteiger partial charge in [0.25, 0.3) is 5.91 Å². The molecule has 0 aliphatic rings. The Hall–Kier alpha value is -1.40. The summed E-state index contributed by atoms with van der Waals surface area (Å²) in [5.74, 6) is -0.487. The van der Waals surface area contributed by atoms with Crippen molar-refractivity contribution >= 4 is 15.9 Å². The van der Waals surface area contributed by atoms with Crippen molar-refractivity contribution in [2.75, 3.05) is 6.54 Å². The van der Waals surface area contributed by atoms with Crippen molar-refractivity contribution in [3.05, 3.63) is 35.4 Å². The molecule has 1 amide bonds. The van der Waals surface area contributed by atoms with Gasteiger partial charge >= 0.3 is 0 Å². The predicted octanol–water partition coefficient (Wildman–Crippen LogP) is 0.225. The number of hydrogen-bond donors (Lipinski definition) is 2. The van der Waals surface area contributed by atoms with Gasteiger partial charge in [-0.1, -0.05) is 12.1 Å². The summed E-state index contributed by atoms with van der Waals surface area (Å²) in [6.07, 6.45) is 0. The third-order valence-corrected chi connectivity index (χ3v) is 2.63. The molecule has 6 heteroatoms. The Kier molecular flexibility index (Phi) is 4.03. The van der Waals surface area contributed by atoms with Crippen LogP contribution in [-0.2, 0) is 15.8 Å². The molecule has 0 atom stereocenters. The van der Waals surface area contributed by atoms with Gasteiger partial charge in [-0.15, -0.1) is 0 Å². The van der Waals surface area contributed by atoms with Gasteiger partial charge in [-0.2, -0.15) is 0 Å². The van der Waals surface area contributed by atoms with E-state index in [-0.39, 0.29) is 11.7 Å². The van der Waals surface area contributed by atoms with Crippen molar-refractivity contribution in [2.45, 2.75) is 12.7 Å². The minimum absolute atomic E-state index is 0.223. The van der Waals surface area contributed by atoms with Crippen LogP contribution in [0.3, 0.4) is 0 Å². The minimum atomic E-state index is -3.56. The monoisotopic (exact) mass is 242 g/mol. The van der Waals surface area contributed by atoms with E-state index in [0.717, 1.165) is 0 Å². The maximum atomic E-state index is 11.5. The first kappa shape index (κ1) is 12.7. The van der Waals surface area contributed by atoms with E-state index in [1.54, 1.807) is 18.2 Å². The maximum absolute atomic E-state index is 11.5. The summed E-state index contributed by atoms with van der Waals surface area (Å²) in [5, 5.41) is 7.56. The minimum Gasteiger partial charge on any atom is -0.352 e. The van der Waals surface area contributed by atoms with Gasteiger partial charge in [0.15, 0.2) is 0 Å². The number of nitrogens with two attached hydrogens (primary N) is 1. The first-order valence-electron chi connectivity index (χ1n) is 4.80. The van der Waals surface area contributed by atoms with E-state index in [0.29, 0.717) is 17.7 Å². The molecule has 5 nitrogen and oxygen atoms in total. The second-order valence-electron chi connectivity index (χ2n) is 3.37. The summed E-state index contributed by atoms with van der Waals surface area (Å²) in [5.41, 5.74) is 0.939. The zero-order chi connectivity index (χ0) is 12.2. The van der Waals surface area contributed by atoms with E-state index in [2.05, 4.69) is 5.32 Å². The highest BCUT2D eigenvalue weighted by Gasteiger charge is 2.08. The van der Waals surface area contributed by atoms with Crippen LogP contribution in [0, 0.1) is 0 Å². The van der Waals surface area contributed by atoms with Gasteiger partial charge in [0.1, 0.15) is 0 Å². The summed E-state index contributed by atoms with van der Waals surface area (Å²) in [7, 11) is -3.56. The molecule has 0 unspecified atom stereocenters. The lowest BCUT2D eigenvalue weighted by molar-refractivity contribution is 0.0955. The molecule has 0 radical (unpaired) electrons. The first-order chi connectivity index (χ1) is 7.42. The van der Waals surface area contributed by atoms with E-state index >= 15 is 0 Å². The molecule has 0 bridgehead atoms. The normalized spacial score (nSPS) is 11.1. The fourth-order valence-electron chi connectivity index (χ4n) is 1.30. The lowest BCUT2D eigenvalue weighted by atomic mass is 10.1. The third kappa shape index (κ3) is 4.00. The fraction of sp³-hybridized carbons (Fsp3) is 0.300. The quantitative estimate of drug-likeness (QED) is 0.791. The molecule has 1 aromatic carbocycles. The van der Waals surface area contributed by atoms with Gasteiger partial charge < -0.3 is 5.32 Å². The molecule has 0 aliphatic carbocycles. The Morgan fingerprint density at radius 2 is 2.12 bits per heavy atom. The average molecular weight is 242 g/mol. The van der Waals surface area contributed by atoms with E-state index in [9.17, 15) is 13.2 Å². The molecule has 0 aliphatic heterocycles. The van der Waals surface area contributed by atoms with Crippen molar-refractivity contribution < 1.29 is 13.2 Å². The number of benzene rings is 1. The van der Waals surface area contributed by atoms with Crippen molar-refractivity contribution in [1.29, 1.82) is 0 Å². The molecule has 16 heavy (non-hydrogen) atoms. The first-order valence-corrected chi connectivity index (χ1v) is 6.51. The molecule has 88 valence electrons. The maximum Gasteiger partial charge on any atom is 0.251 e. The van der Waals surface area contributed by atoms with E-state index in [4.69, 9.17) is 5.14 Å². The number of sulfonamides is 1. The van der Waals surface area contributed by atoms with Crippen LogP contribution in [0.5, 0.6) is 0 Å². The lowest BCUT2D eigenvalue weighted by Gasteiger charge is -2.04. The van der Waals surface area contributed by atoms with Gasteiger partial charge in [-0.3, -0.25) is 4.79 Å². The smallest absolute Gasteiger partial charge is 0.251 e. The molecule has 3 N–H and O–H groups in total. The topological polar surface area (TPSA) is 89.3 Å².